The molecule has 0 heteroatoms. The van der Waals surface area contributed by atoms with Gasteiger partial charge in [0.25, 0.3) is 0 Å². The minimum Gasteiger partial charge on any atom is -0.0751 e. The van der Waals surface area contributed by atoms with Gasteiger partial charge in [-0.3, -0.25) is 0 Å². The molecule has 0 saturated heterocycles. The van der Waals surface area contributed by atoms with E-state index < -0.39 is 5.41 Å². The Kier molecular flexibility index (Phi) is 6.87. The fourth-order valence-electron chi connectivity index (χ4n) is 8.38. The van der Waals surface area contributed by atoms with Gasteiger partial charge >= 0.3 is 0 Å². The van der Waals surface area contributed by atoms with Crippen LogP contribution >= 0.6 is 0 Å². The number of hydrogen-bond donors (Lipinski definition) is 0. The van der Waals surface area contributed by atoms with Crippen molar-refractivity contribution in [1.29, 1.82) is 0 Å². The van der Waals surface area contributed by atoms with E-state index in [1.54, 1.807) is 0 Å². The standard InChI is InChI=1S/C45H38/c1-3-31-23-26-38-39-27-24-32(4-2)30-41(39)44(40(38)29-31)45(35-18-10-6-11-19-35,36-20-12-7-13-21-36)42-28-25-34-17-14-22-37(43(34)42)33-15-8-5-9-16-33/h5-30,42,44H,3-4H2,1-2H3. The average Bonchev–Trinajstić information content (AvgIpc) is 3.69. The second-order valence-electron chi connectivity index (χ2n) is 12.6. The van der Waals surface area contributed by atoms with Gasteiger partial charge in [-0.05, 0) is 79.6 Å². The third-order valence-corrected chi connectivity index (χ3v) is 10.4. The minimum atomic E-state index is -0.409. The van der Waals surface area contributed by atoms with Crippen LogP contribution < -0.4 is 0 Å². The molecule has 1 atom stereocenters. The van der Waals surface area contributed by atoms with E-state index in [0.717, 1.165) is 12.8 Å². The monoisotopic (exact) mass is 578 g/mol. The van der Waals surface area contributed by atoms with Crippen molar-refractivity contribution in [3.8, 4) is 22.3 Å². The van der Waals surface area contributed by atoms with E-state index >= 15 is 0 Å². The van der Waals surface area contributed by atoms with Crippen molar-refractivity contribution in [1.82, 2.24) is 0 Å². The predicted molar refractivity (Wildman–Crippen MR) is 190 cm³/mol. The molecule has 0 bridgehead atoms. The molecule has 0 N–H and O–H groups in total. The third-order valence-electron chi connectivity index (χ3n) is 10.4. The Hall–Kier alpha value is -4.94. The highest BCUT2D eigenvalue weighted by atomic mass is 14.5. The number of benzene rings is 6. The van der Waals surface area contributed by atoms with E-state index in [0.29, 0.717) is 0 Å². The second-order valence-corrected chi connectivity index (χ2v) is 12.6. The van der Waals surface area contributed by atoms with Gasteiger partial charge in [0.15, 0.2) is 0 Å². The number of aryl methyl sites for hydroxylation is 2. The van der Waals surface area contributed by atoms with Crippen LogP contribution in [0.3, 0.4) is 0 Å². The Bertz CT molecular complexity index is 1920. The maximum Gasteiger partial charge on any atom is 0.0415 e. The number of rotatable bonds is 7. The zero-order valence-corrected chi connectivity index (χ0v) is 26.1. The molecule has 218 valence electrons. The van der Waals surface area contributed by atoms with Gasteiger partial charge in [-0.2, -0.15) is 0 Å². The third kappa shape index (κ3) is 4.27. The maximum absolute atomic E-state index is 2.52. The Balaban J connectivity index is 1.52. The van der Waals surface area contributed by atoms with E-state index in [9.17, 15) is 0 Å². The van der Waals surface area contributed by atoms with Crippen LogP contribution in [0.1, 0.15) is 70.2 Å². The lowest BCUT2D eigenvalue weighted by Crippen LogP contribution is -2.40. The highest BCUT2D eigenvalue weighted by molar-refractivity contribution is 5.84. The minimum absolute atomic E-state index is 0.105. The van der Waals surface area contributed by atoms with E-state index in [2.05, 4.69) is 172 Å². The van der Waals surface area contributed by atoms with Crippen LogP contribution in [0.2, 0.25) is 0 Å². The van der Waals surface area contributed by atoms with Gasteiger partial charge in [0.05, 0.1) is 0 Å². The van der Waals surface area contributed by atoms with Crippen LogP contribution in [0, 0.1) is 0 Å². The highest BCUT2D eigenvalue weighted by Crippen LogP contribution is 2.63. The molecule has 8 rings (SSSR count). The largest absolute Gasteiger partial charge is 0.0751 e. The van der Waals surface area contributed by atoms with Crippen molar-refractivity contribution in [2.24, 2.45) is 0 Å². The summed E-state index contributed by atoms with van der Waals surface area (Å²) in [4.78, 5) is 0. The molecule has 0 radical (unpaired) electrons. The normalized spacial score (nSPS) is 15.1. The molecule has 0 heterocycles. The van der Waals surface area contributed by atoms with Gasteiger partial charge < -0.3 is 0 Å². The molecule has 45 heavy (non-hydrogen) atoms. The molecule has 0 amide bonds. The molecule has 6 aromatic rings. The molecule has 2 aliphatic carbocycles. The Morgan fingerprint density at radius 2 is 1.04 bits per heavy atom. The zero-order chi connectivity index (χ0) is 30.4. The summed E-state index contributed by atoms with van der Waals surface area (Å²) in [5.41, 5.74) is 16.1. The lowest BCUT2D eigenvalue weighted by molar-refractivity contribution is 0.417. The molecule has 1 unspecified atom stereocenters. The van der Waals surface area contributed by atoms with Crippen molar-refractivity contribution in [3.05, 3.63) is 196 Å². The molecule has 0 fully saturated rings. The Labute approximate surface area is 267 Å². The lowest BCUT2D eigenvalue weighted by atomic mass is 9.55. The summed E-state index contributed by atoms with van der Waals surface area (Å²) in [5, 5.41) is 0. The van der Waals surface area contributed by atoms with Crippen LogP contribution in [-0.2, 0) is 18.3 Å². The van der Waals surface area contributed by atoms with Gasteiger partial charge in [-0.1, -0.05) is 172 Å². The lowest BCUT2D eigenvalue weighted by Gasteiger charge is -2.46. The first-order chi connectivity index (χ1) is 22.2. The summed E-state index contributed by atoms with van der Waals surface area (Å²) in [6, 6.07) is 55.1. The Morgan fingerprint density at radius 1 is 0.511 bits per heavy atom. The van der Waals surface area contributed by atoms with Crippen molar-refractivity contribution in [2.75, 3.05) is 0 Å². The summed E-state index contributed by atoms with van der Waals surface area (Å²) in [7, 11) is 0. The first-order valence-electron chi connectivity index (χ1n) is 16.5. The average molecular weight is 579 g/mol. The molecule has 0 saturated carbocycles. The second kappa shape index (κ2) is 11.2. The number of fused-ring (bicyclic) bond motifs is 4. The van der Waals surface area contributed by atoms with E-state index in [1.807, 2.05) is 0 Å². The molecule has 0 aromatic heterocycles. The van der Waals surface area contributed by atoms with E-state index in [-0.39, 0.29) is 11.8 Å². The van der Waals surface area contributed by atoms with E-state index in [1.165, 1.54) is 66.8 Å². The molecular weight excluding hydrogens is 540 g/mol. The molecular formula is C45H38. The van der Waals surface area contributed by atoms with Crippen molar-refractivity contribution in [3.63, 3.8) is 0 Å². The van der Waals surface area contributed by atoms with Gasteiger partial charge in [0.2, 0.25) is 0 Å². The van der Waals surface area contributed by atoms with Crippen molar-refractivity contribution >= 4 is 6.08 Å². The summed E-state index contributed by atoms with van der Waals surface area (Å²) in [5.74, 6) is 0.225. The van der Waals surface area contributed by atoms with Crippen LogP contribution in [-0.4, -0.2) is 0 Å². The van der Waals surface area contributed by atoms with Gasteiger partial charge in [-0.25, -0.2) is 0 Å². The molecule has 6 aromatic carbocycles. The highest BCUT2D eigenvalue weighted by Gasteiger charge is 2.53. The van der Waals surface area contributed by atoms with Gasteiger partial charge in [-0.15, -0.1) is 0 Å². The Morgan fingerprint density at radius 3 is 1.58 bits per heavy atom. The predicted octanol–water partition coefficient (Wildman–Crippen LogP) is 11.4. The summed E-state index contributed by atoms with van der Waals surface area (Å²) < 4.78 is 0. The smallest absolute Gasteiger partial charge is 0.0415 e. The quantitative estimate of drug-likeness (QED) is 0.177. The molecule has 0 aliphatic heterocycles. The van der Waals surface area contributed by atoms with Crippen LogP contribution in [0.4, 0.5) is 0 Å². The first kappa shape index (κ1) is 27.6. The van der Waals surface area contributed by atoms with E-state index in [4.69, 9.17) is 0 Å². The van der Waals surface area contributed by atoms with Gasteiger partial charge in [0, 0.05) is 17.3 Å². The molecule has 0 nitrogen and oxygen atoms in total. The fourth-order valence-corrected chi connectivity index (χ4v) is 8.38. The molecule has 0 spiro atoms. The topological polar surface area (TPSA) is 0 Å². The van der Waals surface area contributed by atoms with Crippen LogP contribution in [0.5, 0.6) is 0 Å². The van der Waals surface area contributed by atoms with Crippen LogP contribution in [0.15, 0.2) is 152 Å². The first-order valence-corrected chi connectivity index (χ1v) is 16.5. The maximum atomic E-state index is 2.52. The van der Waals surface area contributed by atoms with Gasteiger partial charge in [0.1, 0.15) is 0 Å². The summed E-state index contributed by atoms with van der Waals surface area (Å²) >= 11 is 0. The summed E-state index contributed by atoms with van der Waals surface area (Å²) in [6.07, 6.45) is 6.94. The number of allylic oxidation sites excluding steroid dienone is 1. The van der Waals surface area contributed by atoms with Crippen molar-refractivity contribution in [2.45, 2.75) is 43.9 Å². The zero-order valence-electron chi connectivity index (χ0n) is 26.1. The fraction of sp³-hybridized carbons (Fsp3) is 0.156. The number of hydrogen-bond acceptors (Lipinski definition) is 0. The SMILES string of the molecule is CCc1ccc2c(c1)C(C(c1ccccc1)(c1ccccc1)C1C=Cc3cccc(-c4ccccc4)c31)c1cc(CC)ccc1-2. The van der Waals surface area contributed by atoms with Crippen LogP contribution in [0.25, 0.3) is 28.3 Å². The molecule has 2 aliphatic rings. The summed E-state index contributed by atoms with van der Waals surface area (Å²) in [6.45, 7) is 4.55. The van der Waals surface area contributed by atoms with Crippen molar-refractivity contribution < 1.29 is 0 Å².